The van der Waals surface area contributed by atoms with Gasteiger partial charge >= 0.3 is 0 Å². The summed E-state index contributed by atoms with van der Waals surface area (Å²) in [7, 11) is 0. The summed E-state index contributed by atoms with van der Waals surface area (Å²) in [4.78, 5) is 7.20. The summed E-state index contributed by atoms with van der Waals surface area (Å²) in [5, 5.41) is 10.0. The topological polar surface area (TPSA) is 42.4 Å². The van der Waals surface area contributed by atoms with Crippen LogP contribution in [0, 0.1) is 0 Å². The Morgan fingerprint density at radius 3 is 1.46 bits per heavy atom. The van der Waals surface area contributed by atoms with Crippen molar-refractivity contribution in [3.05, 3.63) is 182 Å². The summed E-state index contributed by atoms with van der Waals surface area (Å²) in [6, 6.07) is 64.5. The minimum atomic E-state index is 0.905. The van der Waals surface area contributed by atoms with Crippen LogP contribution in [-0.4, -0.2) is 4.98 Å². The number of nitrogens with zero attached hydrogens (tertiary/aromatic N) is 2. The normalized spacial score (nSPS) is 11.9. The van der Waals surface area contributed by atoms with Crippen LogP contribution < -0.4 is 4.90 Å². The van der Waals surface area contributed by atoms with Crippen LogP contribution in [0.2, 0.25) is 0 Å². The molecule has 0 N–H and O–H groups in total. The van der Waals surface area contributed by atoms with E-state index in [0.29, 0.717) is 0 Å². The molecule has 0 atom stereocenters. The first-order valence-corrected chi connectivity index (χ1v) is 19.6. The van der Waals surface area contributed by atoms with E-state index in [-0.39, 0.29) is 0 Å². The van der Waals surface area contributed by atoms with Crippen molar-refractivity contribution in [3.63, 3.8) is 0 Å². The molecular weight excluding hydrogens is 705 g/mol. The molecule has 0 saturated carbocycles. The Labute approximate surface area is 325 Å². The molecule has 56 heavy (non-hydrogen) atoms. The van der Waals surface area contributed by atoms with Crippen molar-refractivity contribution in [1.82, 2.24) is 4.98 Å². The molecule has 12 aromatic rings. The molecule has 0 fully saturated rings. The van der Waals surface area contributed by atoms with Gasteiger partial charge in [-0.15, -0.1) is 11.3 Å². The van der Waals surface area contributed by atoms with Gasteiger partial charge in [0.05, 0.1) is 10.2 Å². The van der Waals surface area contributed by atoms with E-state index < -0.39 is 0 Å². The van der Waals surface area contributed by atoms with E-state index in [9.17, 15) is 0 Å². The van der Waals surface area contributed by atoms with Gasteiger partial charge in [0, 0.05) is 54.9 Å². The molecule has 0 saturated heterocycles. The van der Waals surface area contributed by atoms with Crippen molar-refractivity contribution >= 4 is 104 Å². The molecule has 9 aromatic carbocycles. The van der Waals surface area contributed by atoms with Crippen LogP contribution >= 0.6 is 11.3 Å². The number of benzene rings is 9. The van der Waals surface area contributed by atoms with Crippen molar-refractivity contribution < 1.29 is 8.83 Å². The lowest BCUT2D eigenvalue weighted by molar-refractivity contribution is 0.672. The van der Waals surface area contributed by atoms with Gasteiger partial charge in [-0.05, 0) is 107 Å². The van der Waals surface area contributed by atoms with Crippen molar-refractivity contribution in [2.75, 3.05) is 4.90 Å². The predicted molar refractivity (Wildman–Crippen MR) is 235 cm³/mol. The van der Waals surface area contributed by atoms with Crippen LogP contribution in [0.1, 0.15) is 0 Å². The Kier molecular flexibility index (Phi) is 6.76. The highest BCUT2D eigenvalue weighted by molar-refractivity contribution is 7.21. The SMILES string of the molecule is c1ccc2sc(-c3ccc(-c4ccc(N(c5ccc6c(ccc7c8ccccc8oc67)c5)c5ccc6c(ccc7c8ccccc8oc67)c5)cc4)cc3)nc2c1. The van der Waals surface area contributed by atoms with E-state index in [1.807, 2.05) is 30.3 Å². The van der Waals surface area contributed by atoms with Crippen LogP contribution in [-0.2, 0) is 0 Å². The first-order chi connectivity index (χ1) is 27.7. The summed E-state index contributed by atoms with van der Waals surface area (Å²) >= 11 is 1.73. The minimum absolute atomic E-state index is 0.905. The number of furan rings is 2. The Morgan fingerprint density at radius 2 is 0.875 bits per heavy atom. The number of para-hydroxylation sites is 3. The largest absolute Gasteiger partial charge is 0.455 e. The van der Waals surface area contributed by atoms with Crippen LogP contribution in [0.25, 0.3) is 97.3 Å². The second kappa shape index (κ2) is 12.2. The van der Waals surface area contributed by atoms with E-state index in [1.54, 1.807) is 11.3 Å². The van der Waals surface area contributed by atoms with Gasteiger partial charge in [0.2, 0.25) is 0 Å². The lowest BCUT2D eigenvalue weighted by Gasteiger charge is -2.26. The lowest BCUT2D eigenvalue weighted by atomic mass is 10.0. The fraction of sp³-hybridized carbons (Fsp3) is 0. The van der Waals surface area contributed by atoms with E-state index in [4.69, 9.17) is 13.8 Å². The number of rotatable bonds is 5. The zero-order chi connectivity index (χ0) is 36.7. The standard InChI is InChI=1S/C51H30N2O2S/c1-4-10-46-41(7-1)43-25-19-34-29-37(23-27-39(34)49(43)54-46)53(38-24-28-40-35(30-38)20-26-44-42-8-2-5-11-47(42)55-50(40)44)36-21-17-32(18-22-36)31-13-15-33(16-14-31)51-52-45-9-3-6-12-48(45)56-51/h1-30H. The maximum Gasteiger partial charge on any atom is 0.143 e. The molecule has 0 aliphatic carbocycles. The number of anilines is 3. The third kappa shape index (κ3) is 4.88. The third-order valence-electron chi connectivity index (χ3n) is 11.1. The average Bonchev–Trinajstić information content (AvgIpc) is 3.98. The van der Waals surface area contributed by atoms with Gasteiger partial charge < -0.3 is 13.7 Å². The van der Waals surface area contributed by atoms with Gasteiger partial charge in [0.15, 0.2) is 0 Å². The van der Waals surface area contributed by atoms with E-state index in [2.05, 4.69) is 157 Å². The first-order valence-electron chi connectivity index (χ1n) is 18.8. The summed E-state index contributed by atoms with van der Waals surface area (Å²) in [6.45, 7) is 0. The smallest absolute Gasteiger partial charge is 0.143 e. The predicted octanol–water partition coefficient (Wildman–Crippen LogP) is 15.2. The number of thiazole rings is 1. The number of fused-ring (bicyclic) bond motifs is 11. The van der Waals surface area contributed by atoms with Crippen molar-refractivity contribution in [2.24, 2.45) is 0 Å². The number of hydrogen-bond donors (Lipinski definition) is 0. The van der Waals surface area contributed by atoms with Crippen LogP contribution in [0.4, 0.5) is 17.1 Å². The summed E-state index contributed by atoms with van der Waals surface area (Å²) in [5.74, 6) is 0. The number of hydrogen-bond acceptors (Lipinski definition) is 5. The molecule has 0 radical (unpaired) electrons. The zero-order valence-electron chi connectivity index (χ0n) is 29.9. The minimum Gasteiger partial charge on any atom is -0.455 e. The molecule has 5 heteroatoms. The highest BCUT2D eigenvalue weighted by Gasteiger charge is 2.18. The molecule has 4 nitrogen and oxygen atoms in total. The van der Waals surface area contributed by atoms with E-state index in [1.165, 1.54) is 4.70 Å². The quantitative estimate of drug-likeness (QED) is 0.177. The van der Waals surface area contributed by atoms with Gasteiger partial charge in [-0.3, -0.25) is 0 Å². The highest BCUT2D eigenvalue weighted by Crippen LogP contribution is 2.42. The van der Waals surface area contributed by atoms with Crippen molar-refractivity contribution in [3.8, 4) is 21.7 Å². The summed E-state index contributed by atoms with van der Waals surface area (Å²) < 4.78 is 14.0. The summed E-state index contributed by atoms with van der Waals surface area (Å²) in [5.41, 5.74) is 11.3. The molecule has 0 amide bonds. The van der Waals surface area contributed by atoms with Crippen LogP contribution in [0.5, 0.6) is 0 Å². The molecule has 0 aliphatic rings. The van der Waals surface area contributed by atoms with Gasteiger partial charge in [-0.25, -0.2) is 4.98 Å². The van der Waals surface area contributed by atoms with E-state index in [0.717, 1.165) is 110 Å². The molecule has 262 valence electrons. The zero-order valence-corrected chi connectivity index (χ0v) is 30.8. The highest BCUT2D eigenvalue weighted by atomic mass is 32.1. The Hall–Kier alpha value is -7.21. The van der Waals surface area contributed by atoms with Gasteiger partial charge in [0.25, 0.3) is 0 Å². The lowest BCUT2D eigenvalue weighted by Crippen LogP contribution is -2.10. The van der Waals surface area contributed by atoms with Gasteiger partial charge in [-0.2, -0.15) is 0 Å². The van der Waals surface area contributed by atoms with Gasteiger partial charge in [0.1, 0.15) is 27.3 Å². The fourth-order valence-electron chi connectivity index (χ4n) is 8.33. The molecule has 0 unspecified atom stereocenters. The Bertz CT molecular complexity index is 3300. The second-order valence-corrected chi connectivity index (χ2v) is 15.4. The number of aromatic nitrogens is 1. The maximum atomic E-state index is 6.42. The second-order valence-electron chi connectivity index (χ2n) is 14.3. The monoisotopic (exact) mass is 734 g/mol. The van der Waals surface area contributed by atoms with Crippen molar-refractivity contribution in [1.29, 1.82) is 0 Å². The van der Waals surface area contributed by atoms with Crippen molar-refractivity contribution in [2.45, 2.75) is 0 Å². The van der Waals surface area contributed by atoms with Gasteiger partial charge in [-0.1, -0.05) is 97.1 Å². The molecule has 0 bridgehead atoms. The van der Waals surface area contributed by atoms with Crippen LogP contribution in [0.3, 0.4) is 0 Å². The molecule has 0 spiro atoms. The third-order valence-corrected chi connectivity index (χ3v) is 12.2. The Morgan fingerprint density at radius 1 is 0.393 bits per heavy atom. The fourth-order valence-corrected chi connectivity index (χ4v) is 9.30. The van der Waals surface area contributed by atoms with Crippen LogP contribution in [0.15, 0.2) is 191 Å². The molecular formula is C51H30N2O2S. The Balaban J connectivity index is 0.964. The average molecular weight is 735 g/mol. The molecule has 0 aliphatic heterocycles. The molecule has 3 aromatic heterocycles. The molecule has 12 rings (SSSR count). The maximum absolute atomic E-state index is 6.42. The first kappa shape index (κ1) is 31.2. The molecule has 3 heterocycles. The van der Waals surface area contributed by atoms with E-state index >= 15 is 0 Å². The summed E-state index contributed by atoms with van der Waals surface area (Å²) in [6.07, 6.45) is 0.